The molecule has 1 fully saturated rings. The number of ether oxygens (including phenoxy) is 1. The van der Waals surface area contributed by atoms with Gasteiger partial charge in [0.15, 0.2) is 0 Å². The molecule has 1 aromatic rings. The molecule has 0 spiro atoms. The molecule has 0 bridgehead atoms. The van der Waals surface area contributed by atoms with Gasteiger partial charge in [-0.1, -0.05) is 0 Å². The molecule has 0 atom stereocenters. The summed E-state index contributed by atoms with van der Waals surface area (Å²) in [6.45, 7) is 5.59. The Morgan fingerprint density at radius 2 is 2.27 bits per heavy atom. The Kier molecular flexibility index (Phi) is 1.46. The van der Waals surface area contributed by atoms with Crippen molar-refractivity contribution >= 4 is 0 Å². The topological polar surface area (TPSA) is 27.1 Å². The Hall–Kier alpha value is -0.830. The Morgan fingerprint density at radius 1 is 1.55 bits per heavy atom. The van der Waals surface area contributed by atoms with Crippen LogP contribution in [0.1, 0.15) is 17.4 Å². The fourth-order valence-electron chi connectivity index (χ4n) is 1.30. The minimum atomic E-state index is 0.458. The number of aryl methyl sites for hydroxylation is 2. The van der Waals surface area contributed by atoms with Crippen LogP contribution in [0, 0.1) is 19.9 Å². The number of hydrogen-bond donors (Lipinski definition) is 0. The first-order valence-electron chi connectivity index (χ1n) is 3.80. The highest BCUT2D eigenvalue weighted by molar-refractivity contribution is 5.05. The summed E-state index contributed by atoms with van der Waals surface area (Å²) in [5, 5.41) is 4.31. The summed E-state index contributed by atoms with van der Waals surface area (Å²) in [7, 11) is 0. The van der Waals surface area contributed by atoms with Gasteiger partial charge >= 0.3 is 0 Å². The molecule has 0 saturated carbocycles. The van der Waals surface area contributed by atoms with Crippen molar-refractivity contribution in [2.45, 2.75) is 19.9 Å². The van der Waals surface area contributed by atoms with Gasteiger partial charge in [0.05, 0.1) is 24.9 Å². The van der Waals surface area contributed by atoms with E-state index in [2.05, 4.69) is 11.2 Å². The van der Waals surface area contributed by atoms with E-state index in [1.807, 2.05) is 18.5 Å². The normalized spacial score (nSPS) is 18.4. The van der Waals surface area contributed by atoms with Gasteiger partial charge in [0, 0.05) is 11.8 Å². The smallest absolute Gasteiger partial charge is 0.0988 e. The maximum atomic E-state index is 5.08. The predicted molar refractivity (Wildman–Crippen MR) is 40.4 cm³/mol. The van der Waals surface area contributed by atoms with Crippen LogP contribution in [0.2, 0.25) is 0 Å². The third-order valence-corrected chi connectivity index (χ3v) is 1.93. The lowest BCUT2D eigenvalue weighted by Gasteiger charge is -2.27. The molecule has 2 heterocycles. The summed E-state index contributed by atoms with van der Waals surface area (Å²) in [4.78, 5) is 0. The second kappa shape index (κ2) is 2.34. The standard InChI is InChI=1S/C8H11N2O/c1-6-3-7(2)10(9-6)8-4-11-5-8/h8H,4-5H2,1-2H3. The van der Waals surface area contributed by atoms with Crippen molar-refractivity contribution in [3.63, 3.8) is 0 Å². The van der Waals surface area contributed by atoms with Gasteiger partial charge in [0.25, 0.3) is 0 Å². The fraction of sp³-hybridized carbons (Fsp3) is 0.625. The molecule has 0 unspecified atom stereocenters. The number of aromatic nitrogens is 2. The number of hydrogen-bond acceptors (Lipinski definition) is 2. The van der Waals surface area contributed by atoms with E-state index in [1.54, 1.807) is 0 Å². The number of rotatable bonds is 1. The summed E-state index contributed by atoms with van der Waals surface area (Å²) in [5.74, 6) is 0. The van der Waals surface area contributed by atoms with Crippen molar-refractivity contribution in [2.24, 2.45) is 0 Å². The monoisotopic (exact) mass is 151 g/mol. The summed E-state index contributed by atoms with van der Waals surface area (Å²) >= 11 is 0. The van der Waals surface area contributed by atoms with Crippen LogP contribution in [-0.2, 0) is 4.74 Å². The molecule has 0 amide bonds. The van der Waals surface area contributed by atoms with Crippen molar-refractivity contribution in [3.05, 3.63) is 17.5 Å². The first kappa shape index (κ1) is 6.85. The van der Waals surface area contributed by atoms with E-state index in [0.29, 0.717) is 6.04 Å². The second-order valence-electron chi connectivity index (χ2n) is 2.93. The highest BCUT2D eigenvalue weighted by Crippen LogP contribution is 2.18. The highest BCUT2D eigenvalue weighted by Gasteiger charge is 2.22. The molecule has 0 aliphatic carbocycles. The van der Waals surface area contributed by atoms with Crippen LogP contribution >= 0.6 is 0 Å². The van der Waals surface area contributed by atoms with Crippen molar-refractivity contribution in [1.82, 2.24) is 9.78 Å². The molecule has 0 aromatic carbocycles. The lowest BCUT2D eigenvalue weighted by atomic mass is 10.2. The van der Waals surface area contributed by atoms with Gasteiger partial charge < -0.3 is 4.74 Å². The highest BCUT2D eigenvalue weighted by atomic mass is 16.5. The van der Waals surface area contributed by atoms with Gasteiger partial charge in [0.1, 0.15) is 0 Å². The van der Waals surface area contributed by atoms with E-state index in [1.165, 1.54) is 0 Å². The van der Waals surface area contributed by atoms with Crippen LogP contribution in [0.3, 0.4) is 0 Å². The van der Waals surface area contributed by atoms with Gasteiger partial charge in [-0.15, -0.1) is 0 Å². The maximum absolute atomic E-state index is 5.08. The van der Waals surface area contributed by atoms with E-state index in [4.69, 9.17) is 4.74 Å². The lowest BCUT2D eigenvalue weighted by molar-refractivity contribution is -0.0296. The SMILES string of the molecule is Cc1[c]c(C)n(C2COC2)n1. The Labute approximate surface area is 66.0 Å². The molecule has 0 N–H and O–H groups in total. The molecule has 3 heteroatoms. The third-order valence-electron chi connectivity index (χ3n) is 1.93. The quantitative estimate of drug-likeness (QED) is 0.595. The number of nitrogens with zero attached hydrogens (tertiary/aromatic N) is 2. The Bertz CT molecular complexity index is 263. The van der Waals surface area contributed by atoms with Crippen molar-refractivity contribution < 1.29 is 4.74 Å². The van der Waals surface area contributed by atoms with Crippen LogP contribution in [0.15, 0.2) is 0 Å². The first-order chi connectivity index (χ1) is 5.27. The predicted octanol–water partition coefficient (Wildman–Crippen LogP) is 0.871. The molecule has 1 aliphatic heterocycles. The molecular formula is C8H11N2O. The zero-order valence-corrected chi connectivity index (χ0v) is 6.79. The zero-order valence-electron chi connectivity index (χ0n) is 6.79. The van der Waals surface area contributed by atoms with Crippen LogP contribution in [0.25, 0.3) is 0 Å². The van der Waals surface area contributed by atoms with Gasteiger partial charge in [-0.3, -0.25) is 4.68 Å². The summed E-state index contributed by atoms with van der Waals surface area (Å²) in [5.41, 5.74) is 2.07. The second-order valence-corrected chi connectivity index (χ2v) is 2.93. The summed E-state index contributed by atoms with van der Waals surface area (Å²) in [6.07, 6.45) is 0. The minimum Gasteiger partial charge on any atom is -0.377 e. The maximum Gasteiger partial charge on any atom is 0.0988 e. The Balaban J connectivity index is 2.28. The Morgan fingerprint density at radius 3 is 2.64 bits per heavy atom. The van der Waals surface area contributed by atoms with E-state index in [-0.39, 0.29) is 0 Å². The van der Waals surface area contributed by atoms with Crippen LogP contribution < -0.4 is 0 Å². The molecule has 1 radical (unpaired) electrons. The van der Waals surface area contributed by atoms with Crippen molar-refractivity contribution in [3.8, 4) is 0 Å². The van der Waals surface area contributed by atoms with Crippen LogP contribution in [-0.4, -0.2) is 23.0 Å². The van der Waals surface area contributed by atoms with E-state index in [0.717, 1.165) is 24.6 Å². The molecule has 2 rings (SSSR count). The fourth-order valence-corrected chi connectivity index (χ4v) is 1.30. The molecular weight excluding hydrogens is 140 g/mol. The molecule has 1 saturated heterocycles. The van der Waals surface area contributed by atoms with E-state index >= 15 is 0 Å². The third kappa shape index (κ3) is 1.05. The summed E-state index contributed by atoms with van der Waals surface area (Å²) in [6, 6.07) is 3.61. The minimum absolute atomic E-state index is 0.458. The molecule has 11 heavy (non-hydrogen) atoms. The van der Waals surface area contributed by atoms with Crippen LogP contribution in [0.5, 0.6) is 0 Å². The van der Waals surface area contributed by atoms with Crippen LogP contribution in [0.4, 0.5) is 0 Å². The lowest BCUT2D eigenvalue weighted by Crippen LogP contribution is -2.32. The van der Waals surface area contributed by atoms with E-state index < -0.39 is 0 Å². The largest absolute Gasteiger partial charge is 0.377 e. The van der Waals surface area contributed by atoms with Crippen molar-refractivity contribution in [2.75, 3.05) is 13.2 Å². The van der Waals surface area contributed by atoms with Crippen molar-refractivity contribution in [1.29, 1.82) is 0 Å². The molecule has 1 aromatic heterocycles. The van der Waals surface area contributed by atoms with Gasteiger partial charge in [0.2, 0.25) is 0 Å². The van der Waals surface area contributed by atoms with Gasteiger partial charge in [-0.25, -0.2) is 0 Å². The van der Waals surface area contributed by atoms with E-state index in [9.17, 15) is 0 Å². The zero-order chi connectivity index (χ0) is 7.84. The first-order valence-corrected chi connectivity index (χ1v) is 3.80. The molecule has 1 aliphatic rings. The average Bonchev–Trinajstić information content (AvgIpc) is 2.07. The van der Waals surface area contributed by atoms with Gasteiger partial charge in [-0.2, -0.15) is 5.10 Å². The van der Waals surface area contributed by atoms with Gasteiger partial charge in [-0.05, 0) is 13.8 Å². The summed E-state index contributed by atoms with van der Waals surface area (Å²) < 4.78 is 7.08. The average molecular weight is 151 g/mol. The molecule has 3 nitrogen and oxygen atoms in total. The molecule has 59 valence electrons.